The second-order valence-corrected chi connectivity index (χ2v) is 11.0. The number of nitriles is 1. The van der Waals surface area contributed by atoms with Gasteiger partial charge in [0.05, 0.1) is 0 Å². The van der Waals surface area contributed by atoms with Crippen LogP contribution in [0, 0.1) is 11.3 Å². The van der Waals surface area contributed by atoms with E-state index >= 15 is 0 Å². The number of rotatable bonds is 8. The zero-order valence-corrected chi connectivity index (χ0v) is 24.7. The molecule has 0 radical (unpaired) electrons. The van der Waals surface area contributed by atoms with E-state index in [4.69, 9.17) is 0 Å². The number of likely N-dealkylation sites (tertiary alicyclic amines) is 1. The molecule has 6 heteroatoms. The number of benzene rings is 1. The summed E-state index contributed by atoms with van der Waals surface area (Å²) in [6, 6.07) is 12.4. The predicted octanol–water partition coefficient (Wildman–Crippen LogP) is 5.60. The van der Waals surface area contributed by atoms with Crippen molar-refractivity contribution in [3.8, 4) is 16.5 Å². The Morgan fingerprint density at radius 2 is 1.89 bits per heavy atom. The number of nitrogens with zero attached hydrogens (tertiary/aromatic N) is 2. The van der Waals surface area contributed by atoms with Crippen LogP contribution >= 0.6 is 11.3 Å². The molecule has 2 aromatic rings. The largest absolute Gasteiger partial charge is 0.396 e. The minimum Gasteiger partial charge on any atom is -0.396 e. The molecule has 2 N–H and O–H groups in total. The van der Waals surface area contributed by atoms with E-state index in [1.165, 1.54) is 25.0 Å². The van der Waals surface area contributed by atoms with Gasteiger partial charge in [0.25, 0.3) is 5.91 Å². The first-order chi connectivity index (χ1) is 18.2. The van der Waals surface area contributed by atoms with E-state index in [0.29, 0.717) is 12.0 Å². The second-order valence-electron chi connectivity index (χ2n) is 9.91. The Labute approximate surface area is 232 Å². The number of carbonyl (C=O) groups excluding carboxylic acids is 1. The molecule has 1 fully saturated rings. The first kappa shape index (κ1) is 31.1. The summed E-state index contributed by atoms with van der Waals surface area (Å²) in [5.41, 5.74) is 2.45. The fourth-order valence-corrected chi connectivity index (χ4v) is 5.41. The zero-order chi connectivity index (χ0) is 28.3. The zero-order valence-electron chi connectivity index (χ0n) is 23.9. The number of piperidine rings is 1. The fraction of sp³-hybridized carbons (Fsp3) is 0.438. The van der Waals surface area contributed by atoms with E-state index in [-0.39, 0.29) is 12.2 Å². The Kier molecular flexibility index (Phi) is 12.0. The standard InChI is InChI=1S/C30H37N3O2S.C2H6/c1-6-25(33-15-8-7-9-16-33)19-23-10-11-24(18-21(23)2)28-13-12-27(36-28)22(3)26(20-31)29(35)32-30(4,5)14-17-34;1-2/h6,10-13,18-19,34H,2,7-9,14-17H2,1,3-5H3,(H,32,35);1-2H3/b23-19-,25-6+,26-22+;. The highest BCUT2D eigenvalue weighted by atomic mass is 32.1. The molecular formula is C32H43N3O2S. The van der Waals surface area contributed by atoms with Gasteiger partial charge in [0, 0.05) is 40.7 Å². The van der Waals surface area contributed by atoms with Crippen LogP contribution in [0.1, 0.15) is 72.1 Å². The van der Waals surface area contributed by atoms with E-state index in [2.05, 4.69) is 60.1 Å². The molecule has 3 rings (SSSR count). The highest BCUT2D eigenvalue weighted by Gasteiger charge is 2.23. The molecule has 0 spiro atoms. The molecule has 1 aromatic carbocycles. The third-order valence-electron chi connectivity index (χ3n) is 6.63. The van der Waals surface area contributed by atoms with Gasteiger partial charge in [-0.05, 0) is 99.2 Å². The maximum atomic E-state index is 12.8. The Balaban J connectivity index is 0.00000247. The summed E-state index contributed by atoms with van der Waals surface area (Å²) in [7, 11) is 0. The molecule has 1 aromatic heterocycles. The van der Waals surface area contributed by atoms with E-state index in [1.807, 2.05) is 39.8 Å². The molecule has 2 heterocycles. The van der Waals surface area contributed by atoms with Crippen LogP contribution in [0.4, 0.5) is 0 Å². The van der Waals surface area contributed by atoms with Crippen molar-refractivity contribution in [1.82, 2.24) is 10.2 Å². The molecule has 5 nitrogen and oxygen atoms in total. The summed E-state index contributed by atoms with van der Waals surface area (Å²) in [5.74, 6) is -0.420. The number of hydrogen-bond acceptors (Lipinski definition) is 5. The van der Waals surface area contributed by atoms with E-state index in [0.717, 1.165) is 38.8 Å². The van der Waals surface area contributed by atoms with Crippen molar-refractivity contribution in [2.45, 2.75) is 72.8 Å². The SMILES string of the molecule is C=c1cc(-c2ccc(/C(C)=C(\C#N)C(=O)NC(C)(C)CCO)s2)cc/c1=C/C(=C\C)N1CCCCC1.CC. The minimum atomic E-state index is -0.598. The lowest BCUT2D eigenvalue weighted by atomic mass is 9.99. The average Bonchev–Trinajstić information content (AvgIpc) is 3.40. The summed E-state index contributed by atoms with van der Waals surface area (Å²) in [6.07, 6.45) is 8.60. The Morgan fingerprint density at radius 1 is 1.21 bits per heavy atom. The molecule has 1 amide bonds. The number of aliphatic hydroxyl groups is 1. The van der Waals surface area contributed by atoms with Gasteiger partial charge in [0.2, 0.25) is 0 Å². The molecule has 38 heavy (non-hydrogen) atoms. The van der Waals surface area contributed by atoms with Crippen LogP contribution in [0.5, 0.6) is 0 Å². The number of allylic oxidation sites excluding steroid dienone is 3. The topological polar surface area (TPSA) is 76.4 Å². The van der Waals surface area contributed by atoms with Crippen molar-refractivity contribution in [3.05, 3.63) is 63.0 Å². The summed E-state index contributed by atoms with van der Waals surface area (Å²) in [5, 5.41) is 23.9. The van der Waals surface area contributed by atoms with Gasteiger partial charge in [-0.2, -0.15) is 5.26 Å². The van der Waals surface area contributed by atoms with Crippen LogP contribution in [0.3, 0.4) is 0 Å². The van der Waals surface area contributed by atoms with Crippen LogP contribution in [-0.4, -0.2) is 41.1 Å². The summed E-state index contributed by atoms with van der Waals surface area (Å²) in [6.45, 7) is 18.0. The highest BCUT2D eigenvalue weighted by molar-refractivity contribution is 7.16. The highest BCUT2D eigenvalue weighted by Crippen LogP contribution is 2.32. The summed E-state index contributed by atoms with van der Waals surface area (Å²) >= 11 is 1.55. The maximum absolute atomic E-state index is 12.8. The van der Waals surface area contributed by atoms with Crippen molar-refractivity contribution in [2.24, 2.45) is 0 Å². The van der Waals surface area contributed by atoms with Crippen molar-refractivity contribution in [1.29, 1.82) is 5.26 Å². The predicted molar refractivity (Wildman–Crippen MR) is 162 cm³/mol. The molecule has 1 aliphatic rings. The molecule has 0 atom stereocenters. The van der Waals surface area contributed by atoms with Crippen LogP contribution < -0.4 is 15.8 Å². The monoisotopic (exact) mass is 533 g/mol. The van der Waals surface area contributed by atoms with Crippen LogP contribution in [-0.2, 0) is 4.79 Å². The number of hydrogen-bond donors (Lipinski definition) is 2. The molecule has 204 valence electrons. The lowest BCUT2D eigenvalue weighted by molar-refractivity contribution is -0.118. The quantitative estimate of drug-likeness (QED) is 0.342. The number of aliphatic hydroxyl groups excluding tert-OH is 1. The molecule has 0 unspecified atom stereocenters. The Bertz CT molecular complexity index is 1300. The van der Waals surface area contributed by atoms with Gasteiger partial charge >= 0.3 is 0 Å². The first-order valence-electron chi connectivity index (χ1n) is 13.6. The van der Waals surface area contributed by atoms with Crippen molar-refractivity contribution in [3.63, 3.8) is 0 Å². The van der Waals surface area contributed by atoms with Crippen LogP contribution in [0.2, 0.25) is 0 Å². The molecule has 0 saturated carbocycles. The van der Waals surface area contributed by atoms with Gasteiger partial charge in [-0.15, -0.1) is 11.3 Å². The van der Waals surface area contributed by atoms with E-state index < -0.39 is 11.4 Å². The van der Waals surface area contributed by atoms with E-state index in [9.17, 15) is 15.2 Å². The second kappa shape index (κ2) is 14.7. The number of carbonyl (C=O) groups is 1. The number of amides is 1. The van der Waals surface area contributed by atoms with Crippen LogP contribution in [0.25, 0.3) is 28.7 Å². The molecular weight excluding hydrogens is 490 g/mol. The minimum absolute atomic E-state index is 0.0364. The lowest BCUT2D eigenvalue weighted by Gasteiger charge is -2.29. The number of nitrogens with one attached hydrogen (secondary N) is 1. The summed E-state index contributed by atoms with van der Waals surface area (Å²) < 4.78 is 0. The fourth-order valence-electron chi connectivity index (χ4n) is 4.40. The van der Waals surface area contributed by atoms with Gasteiger partial charge in [-0.3, -0.25) is 4.79 Å². The molecule has 1 saturated heterocycles. The van der Waals surface area contributed by atoms with Crippen molar-refractivity contribution >= 4 is 35.5 Å². The third kappa shape index (κ3) is 8.18. The smallest absolute Gasteiger partial charge is 0.262 e. The third-order valence-corrected chi connectivity index (χ3v) is 7.88. The van der Waals surface area contributed by atoms with Gasteiger partial charge < -0.3 is 15.3 Å². The van der Waals surface area contributed by atoms with Gasteiger partial charge in [-0.25, -0.2) is 0 Å². The van der Waals surface area contributed by atoms with Gasteiger partial charge in [0.1, 0.15) is 11.6 Å². The summed E-state index contributed by atoms with van der Waals surface area (Å²) in [4.78, 5) is 17.2. The van der Waals surface area contributed by atoms with Crippen molar-refractivity contribution < 1.29 is 9.90 Å². The normalized spacial score (nSPS) is 15.3. The Morgan fingerprint density at radius 3 is 2.47 bits per heavy atom. The van der Waals surface area contributed by atoms with Gasteiger partial charge in [-0.1, -0.05) is 38.6 Å². The molecule has 0 aliphatic carbocycles. The van der Waals surface area contributed by atoms with Gasteiger partial charge in [0.15, 0.2) is 0 Å². The Hall–Kier alpha value is -3.14. The molecule has 0 bridgehead atoms. The molecule has 1 aliphatic heterocycles. The van der Waals surface area contributed by atoms with Crippen molar-refractivity contribution in [2.75, 3.05) is 19.7 Å². The number of thiophene rings is 1. The van der Waals surface area contributed by atoms with Crippen LogP contribution in [0.15, 0.2) is 47.7 Å². The maximum Gasteiger partial charge on any atom is 0.262 e. The first-order valence-corrected chi connectivity index (χ1v) is 14.4. The van der Waals surface area contributed by atoms with E-state index in [1.54, 1.807) is 18.3 Å². The average molecular weight is 534 g/mol. The lowest BCUT2D eigenvalue weighted by Crippen LogP contribution is -2.44.